The minimum absolute atomic E-state index is 0.162. The Labute approximate surface area is 124 Å². The Hall–Kier alpha value is -2.11. The van der Waals surface area contributed by atoms with Crippen LogP contribution in [0.25, 0.3) is 0 Å². The van der Waals surface area contributed by atoms with E-state index in [2.05, 4.69) is 17.4 Å². The maximum absolute atomic E-state index is 13.2. The highest BCUT2D eigenvalue weighted by molar-refractivity contribution is 6.05. The Kier molecular flexibility index (Phi) is 7.21. The van der Waals surface area contributed by atoms with Gasteiger partial charge in [0.15, 0.2) is 5.84 Å². The van der Waals surface area contributed by atoms with Crippen molar-refractivity contribution in [2.75, 3.05) is 5.32 Å². The molecule has 1 amide bonds. The molecule has 0 aliphatic rings. The molecule has 1 aromatic carbocycles. The van der Waals surface area contributed by atoms with Crippen LogP contribution in [0.5, 0.6) is 0 Å². The van der Waals surface area contributed by atoms with E-state index in [0.717, 1.165) is 31.7 Å². The number of carbonyl (C=O) groups excluding carboxylic acids is 1. The predicted octanol–water partition coefficient (Wildman–Crippen LogP) is 3.22. The van der Waals surface area contributed by atoms with Crippen LogP contribution in [0.1, 0.15) is 51.0 Å². The van der Waals surface area contributed by atoms with Gasteiger partial charge in [0.05, 0.1) is 5.69 Å². The van der Waals surface area contributed by atoms with E-state index in [1.807, 2.05) is 0 Å². The molecule has 0 fully saturated rings. The number of nitrogens with two attached hydrogens (primary N) is 1. The third kappa shape index (κ3) is 5.81. The first-order valence-corrected chi connectivity index (χ1v) is 7.15. The van der Waals surface area contributed by atoms with E-state index in [0.29, 0.717) is 12.1 Å². The number of rotatable bonds is 8. The lowest BCUT2D eigenvalue weighted by molar-refractivity contribution is -0.116. The van der Waals surface area contributed by atoms with Crippen molar-refractivity contribution in [2.45, 2.75) is 45.4 Å². The van der Waals surface area contributed by atoms with Gasteiger partial charge in [-0.15, -0.1) is 0 Å². The first-order valence-electron chi connectivity index (χ1n) is 7.15. The number of nitrogens with one attached hydrogen (secondary N) is 1. The highest BCUT2D eigenvalue weighted by Gasteiger charge is 2.11. The molecule has 0 atom stereocenters. The van der Waals surface area contributed by atoms with Crippen molar-refractivity contribution in [3.05, 3.63) is 29.6 Å². The lowest BCUT2D eigenvalue weighted by Gasteiger charge is -2.10. The van der Waals surface area contributed by atoms with Crippen molar-refractivity contribution in [3.63, 3.8) is 0 Å². The molecule has 0 bridgehead atoms. The molecular formula is C15H22FN3O2. The molecule has 0 saturated carbocycles. The van der Waals surface area contributed by atoms with Crippen molar-refractivity contribution in [2.24, 2.45) is 10.9 Å². The molecule has 1 aromatic rings. The Morgan fingerprint density at radius 3 is 2.71 bits per heavy atom. The number of oxime groups is 1. The number of halogens is 1. The van der Waals surface area contributed by atoms with Gasteiger partial charge in [0.2, 0.25) is 5.91 Å². The zero-order chi connectivity index (χ0) is 15.7. The summed E-state index contributed by atoms with van der Waals surface area (Å²) in [6, 6.07) is 3.73. The number of benzene rings is 1. The summed E-state index contributed by atoms with van der Waals surface area (Å²) < 4.78 is 13.2. The van der Waals surface area contributed by atoms with Gasteiger partial charge in [-0.2, -0.15) is 0 Å². The molecule has 1 rings (SSSR count). The van der Waals surface area contributed by atoms with E-state index >= 15 is 0 Å². The van der Waals surface area contributed by atoms with Crippen molar-refractivity contribution >= 4 is 17.4 Å². The molecular weight excluding hydrogens is 273 g/mol. The summed E-state index contributed by atoms with van der Waals surface area (Å²) in [5.41, 5.74) is 5.98. The average molecular weight is 295 g/mol. The average Bonchev–Trinajstić information content (AvgIpc) is 2.48. The number of unbranched alkanes of at least 4 members (excludes halogenated alkanes) is 4. The zero-order valence-electron chi connectivity index (χ0n) is 12.2. The molecule has 0 heterocycles. The number of nitrogens with zero attached hydrogens (tertiary/aromatic N) is 1. The van der Waals surface area contributed by atoms with Gasteiger partial charge in [0, 0.05) is 12.0 Å². The lowest BCUT2D eigenvalue weighted by atomic mass is 10.1. The van der Waals surface area contributed by atoms with E-state index in [-0.39, 0.29) is 17.3 Å². The molecule has 0 spiro atoms. The van der Waals surface area contributed by atoms with Crippen molar-refractivity contribution < 1.29 is 14.4 Å². The summed E-state index contributed by atoms with van der Waals surface area (Å²) in [5, 5.41) is 14.2. The quantitative estimate of drug-likeness (QED) is 0.226. The minimum Gasteiger partial charge on any atom is -0.409 e. The Morgan fingerprint density at radius 1 is 1.33 bits per heavy atom. The van der Waals surface area contributed by atoms with Crippen molar-refractivity contribution in [3.8, 4) is 0 Å². The number of amides is 1. The van der Waals surface area contributed by atoms with Crippen molar-refractivity contribution in [1.29, 1.82) is 0 Å². The molecule has 0 aliphatic carbocycles. The molecule has 0 radical (unpaired) electrons. The second-order valence-corrected chi connectivity index (χ2v) is 4.89. The van der Waals surface area contributed by atoms with Gasteiger partial charge in [-0.05, 0) is 24.6 Å². The fourth-order valence-electron chi connectivity index (χ4n) is 1.99. The Balaban J connectivity index is 2.60. The molecule has 0 saturated heterocycles. The summed E-state index contributed by atoms with van der Waals surface area (Å²) >= 11 is 0. The van der Waals surface area contributed by atoms with Crippen LogP contribution < -0.4 is 11.1 Å². The molecule has 21 heavy (non-hydrogen) atoms. The molecule has 116 valence electrons. The van der Waals surface area contributed by atoms with Gasteiger partial charge in [0.25, 0.3) is 0 Å². The van der Waals surface area contributed by atoms with Crippen LogP contribution in [0, 0.1) is 5.82 Å². The SMILES string of the molecule is CCCCCCCC(=O)Nc1ccc(F)cc1/C(N)=N/O. The number of amidine groups is 1. The van der Waals surface area contributed by atoms with Crippen LogP contribution in [-0.2, 0) is 4.79 Å². The standard InChI is InChI=1S/C15H22FN3O2/c1-2-3-4-5-6-7-14(20)18-13-9-8-11(16)10-12(13)15(17)19-21/h8-10,21H,2-7H2,1H3,(H2,17,19)(H,18,20). The van der Waals surface area contributed by atoms with Crippen LogP contribution in [0.4, 0.5) is 10.1 Å². The van der Waals surface area contributed by atoms with Crippen molar-refractivity contribution in [1.82, 2.24) is 0 Å². The highest BCUT2D eigenvalue weighted by atomic mass is 19.1. The Morgan fingerprint density at radius 2 is 2.05 bits per heavy atom. The van der Waals surface area contributed by atoms with E-state index < -0.39 is 5.82 Å². The topological polar surface area (TPSA) is 87.7 Å². The van der Waals surface area contributed by atoms with Gasteiger partial charge in [-0.3, -0.25) is 4.79 Å². The normalized spacial score (nSPS) is 11.4. The van der Waals surface area contributed by atoms with Gasteiger partial charge in [-0.1, -0.05) is 37.8 Å². The van der Waals surface area contributed by atoms with E-state index in [9.17, 15) is 9.18 Å². The molecule has 0 aliphatic heterocycles. The minimum atomic E-state index is -0.519. The maximum Gasteiger partial charge on any atom is 0.224 e. The van der Waals surface area contributed by atoms with E-state index in [1.165, 1.54) is 18.6 Å². The largest absolute Gasteiger partial charge is 0.409 e. The summed E-state index contributed by atoms with van der Waals surface area (Å²) in [5.74, 6) is -0.924. The second-order valence-electron chi connectivity index (χ2n) is 4.89. The molecule has 6 heteroatoms. The van der Waals surface area contributed by atoms with Gasteiger partial charge in [-0.25, -0.2) is 4.39 Å². The fraction of sp³-hybridized carbons (Fsp3) is 0.467. The van der Waals surface area contributed by atoms with E-state index in [1.54, 1.807) is 0 Å². The number of hydrogen-bond donors (Lipinski definition) is 3. The number of carbonyl (C=O) groups is 1. The monoisotopic (exact) mass is 295 g/mol. The third-order valence-corrected chi connectivity index (χ3v) is 3.15. The summed E-state index contributed by atoms with van der Waals surface area (Å²) in [6.45, 7) is 2.13. The van der Waals surface area contributed by atoms with Gasteiger partial charge < -0.3 is 16.3 Å². The summed E-state index contributed by atoms with van der Waals surface area (Å²) in [6.07, 6.45) is 5.67. The highest BCUT2D eigenvalue weighted by Crippen LogP contribution is 2.17. The van der Waals surface area contributed by atoms with E-state index in [4.69, 9.17) is 10.9 Å². The van der Waals surface area contributed by atoms with Gasteiger partial charge in [0.1, 0.15) is 5.82 Å². The number of anilines is 1. The fourth-order valence-corrected chi connectivity index (χ4v) is 1.99. The molecule has 4 N–H and O–H groups in total. The first kappa shape index (κ1) is 16.9. The predicted molar refractivity (Wildman–Crippen MR) is 80.9 cm³/mol. The third-order valence-electron chi connectivity index (χ3n) is 3.15. The van der Waals surface area contributed by atoms with Crippen LogP contribution >= 0.6 is 0 Å². The molecule has 0 unspecified atom stereocenters. The van der Waals surface area contributed by atoms with Gasteiger partial charge >= 0.3 is 0 Å². The lowest BCUT2D eigenvalue weighted by Crippen LogP contribution is -2.19. The maximum atomic E-state index is 13.2. The molecule has 0 aromatic heterocycles. The summed E-state index contributed by atoms with van der Waals surface area (Å²) in [7, 11) is 0. The Bertz CT molecular complexity index is 504. The van der Waals surface area contributed by atoms with Crippen LogP contribution in [0.2, 0.25) is 0 Å². The smallest absolute Gasteiger partial charge is 0.224 e. The zero-order valence-corrected chi connectivity index (χ0v) is 12.2. The first-order chi connectivity index (χ1) is 10.1. The van der Waals surface area contributed by atoms with Crippen LogP contribution in [0.3, 0.4) is 0 Å². The van der Waals surface area contributed by atoms with Crippen LogP contribution in [0.15, 0.2) is 23.4 Å². The molecule has 5 nitrogen and oxygen atoms in total. The van der Waals surface area contributed by atoms with Crippen LogP contribution in [-0.4, -0.2) is 17.0 Å². The second kappa shape index (κ2) is 8.94. The number of hydrogen-bond acceptors (Lipinski definition) is 3. The summed E-state index contributed by atoms with van der Waals surface area (Å²) in [4.78, 5) is 11.8.